The van der Waals surface area contributed by atoms with Gasteiger partial charge in [-0.05, 0) is 32.7 Å². The van der Waals surface area contributed by atoms with Gasteiger partial charge in [-0.2, -0.15) is 0 Å². The van der Waals surface area contributed by atoms with Crippen LogP contribution < -0.4 is 5.32 Å². The molecule has 0 aliphatic carbocycles. The average molecular weight is 217 g/mol. The molecule has 0 bridgehead atoms. The normalized spacial score (nSPS) is 12.4. The summed E-state index contributed by atoms with van der Waals surface area (Å²) in [6.07, 6.45) is 1.02. The van der Waals surface area contributed by atoms with Gasteiger partial charge in [0.15, 0.2) is 0 Å². The highest BCUT2D eigenvalue weighted by Gasteiger charge is 2.14. The summed E-state index contributed by atoms with van der Waals surface area (Å²) in [6, 6.07) is 0. The molecule has 0 fully saturated rings. The number of hydrogen-bond acceptors (Lipinski definition) is 3. The Balaban J connectivity index is 3.18. The Morgan fingerprint density at radius 3 is 2.40 bits per heavy atom. The van der Waals surface area contributed by atoms with Crippen LogP contribution in [0.1, 0.15) is 34.1 Å². The molecule has 0 aliphatic rings. The van der Waals surface area contributed by atoms with Crippen molar-refractivity contribution in [2.24, 2.45) is 5.92 Å². The molecule has 0 aromatic carbocycles. The summed E-state index contributed by atoms with van der Waals surface area (Å²) in [5, 5.41) is 3.34. The molecule has 3 heteroatoms. The maximum Gasteiger partial charge on any atom is 0.0634 e. The zero-order chi connectivity index (χ0) is 11.7. The minimum Gasteiger partial charge on any atom is -0.380 e. The molecule has 0 amide bonds. The number of nitrogens with one attached hydrogen (secondary N) is 1. The Labute approximate surface area is 94.5 Å². The van der Waals surface area contributed by atoms with Crippen molar-refractivity contribution in [1.29, 1.82) is 0 Å². The summed E-state index contributed by atoms with van der Waals surface area (Å²) in [7, 11) is 1.76. The van der Waals surface area contributed by atoms with Crippen molar-refractivity contribution in [3.8, 4) is 0 Å². The SMILES string of the molecule is COC(C)(C)CCNCCOCC(C)C. The van der Waals surface area contributed by atoms with Gasteiger partial charge in [-0.3, -0.25) is 0 Å². The van der Waals surface area contributed by atoms with Crippen LogP contribution in [0.5, 0.6) is 0 Å². The Hall–Kier alpha value is -0.120. The van der Waals surface area contributed by atoms with Gasteiger partial charge in [0.1, 0.15) is 0 Å². The molecule has 0 aromatic heterocycles. The van der Waals surface area contributed by atoms with Crippen molar-refractivity contribution in [3.63, 3.8) is 0 Å². The first-order chi connectivity index (χ1) is 6.98. The standard InChI is InChI=1S/C12H27NO2/c1-11(2)10-15-9-8-13-7-6-12(3,4)14-5/h11,13H,6-10H2,1-5H3. The predicted octanol–water partition coefficient (Wildman–Crippen LogP) is 2.06. The minimum atomic E-state index is -0.0220. The van der Waals surface area contributed by atoms with Crippen LogP contribution in [0.2, 0.25) is 0 Å². The summed E-state index contributed by atoms with van der Waals surface area (Å²) < 4.78 is 10.8. The maximum absolute atomic E-state index is 5.46. The first-order valence-corrected chi connectivity index (χ1v) is 5.81. The average Bonchev–Trinajstić information content (AvgIpc) is 2.16. The number of rotatable bonds is 9. The fourth-order valence-electron chi connectivity index (χ4n) is 1.08. The fraction of sp³-hybridized carbons (Fsp3) is 1.00. The molecule has 0 atom stereocenters. The highest BCUT2D eigenvalue weighted by Crippen LogP contribution is 2.10. The molecule has 1 N–H and O–H groups in total. The van der Waals surface area contributed by atoms with E-state index in [0.717, 1.165) is 32.7 Å². The van der Waals surface area contributed by atoms with Gasteiger partial charge in [0, 0.05) is 20.3 Å². The number of methoxy groups -OCH3 is 1. The second-order valence-corrected chi connectivity index (χ2v) is 4.93. The van der Waals surface area contributed by atoms with E-state index in [1.165, 1.54) is 0 Å². The quantitative estimate of drug-likeness (QED) is 0.600. The van der Waals surface area contributed by atoms with Crippen LogP contribution in [-0.4, -0.2) is 39.0 Å². The van der Waals surface area contributed by atoms with Crippen molar-refractivity contribution < 1.29 is 9.47 Å². The fourth-order valence-corrected chi connectivity index (χ4v) is 1.08. The lowest BCUT2D eigenvalue weighted by Crippen LogP contribution is -2.30. The number of hydrogen-bond donors (Lipinski definition) is 1. The van der Waals surface area contributed by atoms with Crippen molar-refractivity contribution in [2.45, 2.75) is 39.7 Å². The smallest absolute Gasteiger partial charge is 0.0634 e. The third-order valence-electron chi connectivity index (χ3n) is 2.33. The Bertz CT molecular complexity index is 147. The lowest BCUT2D eigenvalue weighted by Gasteiger charge is -2.22. The van der Waals surface area contributed by atoms with Gasteiger partial charge in [-0.15, -0.1) is 0 Å². The molecular weight excluding hydrogens is 190 g/mol. The first kappa shape index (κ1) is 14.9. The van der Waals surface area contributed by atoms with Crippen molar-refractivity contribution in [2.75, 3.05) is 33.4 Å². The lowest BCUT2D eigenvalue weighted by molar-refractivity contribution is 0.0153. The van der Waals surface area contributed by atoms with Gasteiger partial charge in [0.25, 0.3) is 0 Å². The van der Waals surface area contributed by atoms with E-state index in [2.05, 4.69) is 33.0 Å². The summed E-state index contributed by atoms with van der Waals surface area (Å²) in [5.41, 5.74) is -0.0220. The first-order valence-electron chi connectivity index (χ1n) is 5.81. The highest BCUT2D eigenvalue weighted by molar-refractivity contribution is 4.68. The van der Waals surface area contributed by atoms with Crippen molar-refractivity contribution in [3.05, 3.63) is 0 Å². The van der Waals surface area contributed by atoms with Crippen molar-refractivity contribution in [1.82, 2.24) is 5.32 Å². The van der Waals surface area contributed by atoms with Gasteiger partial charge >= 0.3 is 0 Å². The summed E-state index contributed by atoms with van der Waals surface area (Å²) in [6.45, 7) is 12.1. The van der Waals surface area contributed by atoms with E-state index in [4.69, 9.17) is 9.47 Å². The topological polar surface area (TPSA) is 30.5 Å². The second-order valence-electron chi connectivity index (χ2n) is 4.93. The molecule has 92 valence electrons. The van der Waals surface area contributed by atoms with Crippen LogP contribution in [0, 0.1) is 5.92 Å². The zero-order valence-electron chi connectivity index (χ0n) is 10.9. The third-order valence-corrected chi connectivity index (χ3v) is 2.33. The molecule has 0 aromatic rings. The Morgan fingerprint density at radius 2 is 1.87 bits per heavy atom. The van der Waals surface area contributed by atoms with E-state index < -0.39 is 0 Å². The summed E-state index contributed by atoms with van der Waals surface area (Å²) in [4.78, 5) is 0. The molecule has 15 heavy (non-hydrogen) atoms. The monoisotopic (exact) mass is 217 g/mol. The highest BCUT2D eigenvalue weighted by atomic mass is 16.5. The molecule has 0 rings (SSSR count). The third kappa shape index (κ3) is 10.2. The van der Waals surface area contributed by atoms with Gasteiger partial charge in [-0.25, -0.2) is 0 Å². The largest absolute Gasteiger partial charge is 0.380 e. The van der Waals surface area contributed by atoms with E-state index in [1.54, 1.807) is 7.11 Å². The lowest BCUT2D eigenvalue weighted by atomic mass is 10.1. The van der Waals surface area contributed by atoms with Crippen LogP contribution >= 0.6 is 0 Å². The van der Waals surface area contributed by atoms with Crippen LogP contribution in [-0.2, 0) is 9.47 Å². The van der Waals surface area contributed by atoms with Gasteiger partial charge < -0.3 is 14.8 Å². The summed E-state index contributed by atoms with van der Waals surface area (Å²) in [5.74, 6) is 0.623. The molecule has 0 heterocycles. The van der Waals surface area contributed by atoms with Crippen LogP contribution in [0.15, 0.2) is 0 Å². The summed E-state index contributed by atoms with van der Waals surface area (Å²) >= 11 is 0. The van der Waals surface area contributed by atoms with E-state index in [0.29, 0.717) is 5.92 Å². The van der Waals surface area contributed by atoms with E-state index in [9.17, 15) is 0 Å². The molecule has 0 radical (unpaired) electrons. The predicted molar refractivity (Wildman–Crippen MR) is 64.2 cm³/mol. The Kier molecular flexibility index (Phi) is 8.02. The molecule has 0 saturated carbocycles. The minimum absolute atomic E-state index is 0.0220. The molecular formula is C12H27NO2. The molecule has 0 spiro atoms. The van der Waals surface area contributed by atoms with Crippen LogP contribution in [0.25, 0.3) is 0 Å². The molecule has 0 aliphatic heterocycles. The van der Waals surface area contributed by atoms with Crippen molar-refractivity contribution >= 4 is 0 Å². The van der Waals surface area contributed by atoms with Gasteiger partial charge in [-0.1, -0.05) is 13.8 Å². The van der Waals surface area contributed by atoms with Gasteiger partial charge in [0.05, 0.1) is 12.2 Å². The van der Waals surface area contributed by atoms with Gasteiger partial charge in [0.2, 0.25) is 0 Å². The molecule has 0 saturated heterocycles. The van der Waals surface area contributed by atoms with Crippen LogP contribution in [0.4, 0.5) is 0 Å². The number of ether oxygens (including phenoxy) is 2. The zero-order valence-corrected chi connectivity index (χ0v) is 10.9. The van der Waals surface area contributed by atoms with E-state index >= 15 is 0 Å². The molecule has 0 unspecified atom stereocenters. The maximum atomic E-state index is 5.46. The Morgan fingerprint density at radius 1 is 1.20 bits per heavy atom. The molecule has 3 nitrogen and oxygen atoms in total. The van der Waals surface area contributed by atoms with E-state index in [-0.39, 0.29) is 5.60 Å². The second kappa shape index (κ2) is 8.08. The van der Waals surface area contributed by atoms with Crippen LogP contribution in [0.3, 0.4) is 0 Å². The van der Waals surface area contributed by atoms with E-state index in [1.807, 2.05) is 0 Å².